The molecule has 0 aliphatic carbocycles. The third-order valence-electron chi connectivity index (χ3n) is 4.36. The van der Waals surface area contributed by atoms with E-state index in [0.29, 0.717) is 11.6 Å². The molecule has 0 radical (unpaired) electrons. The number of hydrogen-bond acceptors (Lipinski definition) is 5. The molecular weight excluding hydrogens is 414 g/mol. The smallest absolute Gasteiger partial charge is 0.239 e. The van der Waals surface area contributed by atoms with Gasteiger partial charge >= 0.3 is 0 Å². The standard InChI is InChI=1S/C23H25N3O2S2/c1-3-4-13-21(27)24-18-11-8-12-19(14-18)30-16(2)22(28)26-23-25-20(15-29-23)17-9-6-5-7-10-17/h5-12,14-16H,3-4,13H2,1-2H3,(H,24,27)(H,25,26,28). The largest absolute Gasteiger partial charge is 0.326 e. The number of thiazole rings is 1. The summed E-state index contributed by atoms with van der Waals surface area (Å²) in [4.78, 5) is 30.0. The van der Waals surface area contributed by atoms with Crippen molar-refractivity contribution in [3.63, 3.8) is 0 Å². The van der Waals surface area contributed by atoms with E-state index in [1.54, 1.807) is 0 Å². The summed E-state index contributed by atoms with van der Waals surface area (Å²) in [7, 11) is 0. The molecule has 156 valence electrons. The lowest BCUT2D eigenvalue weighted by Gasteiger charge is -2.12. The summed E-state index contributed by atoms with van der Waals surface area (Å²) in [5, 5.41) is 8.04. The van der Waals surface area contributed by atoms with Gasteiger partial charge in [0.1, 0.15) is 0 Å². The molecule has 0 aliphatic rings. The quantitative estimate of drug-likeness (QED) is 0.398. The predicted molar refractivity (Wildman–Crippen MR) is 126 cm³/mol. The monoisotopic (exact) mass is 439 g/mol. The highest BCUT2D eigenvalue weighted by Gasteiger charge is 2.17. The number of aromatic nitrogens is 1. The number of benzene rings is 2. The second-order valence-electron chi connectivity index (χ2n) is 6.83. The van der Waals surface area contributed by atoms with Crippen LogP contribution >= 0.6 is 23.1 Å². The molecule has 1 atom stereocenters. The molecule has 0 saturated heterocycles. The number of amides is 2. The van der Waals surface area contributed by atoms with E-state index in [4.69, 9.17) is 0 Å². The van der Waals surface area contributed by atoms with Crippen molar-refractivity contribution in [2.45, 2.75) is 43.3 Å². The minimum absolute atomic E-state index is 0.0165. The molecule has 1 aromatic heterocycles. The third kappa shape index (κ3) is 6.43. The van der Waals surface area contributed by atoms with Gasteiger partial charge in [0, 0.05) is 27.9 Å². The maximum atomic E-state index is 12.6. The molecule has 3 aromatic rings. The molecule has 7 heteroatoms. The Hall–Kier alpha value is -2.64. The molecule has 3 rings (SSSR count). The second kappa shape index (κ2) is 10.9. The van der Waals surface area contributed by atoms with Crippen molar-refractivity contribution >= 4 is 45.7 Å². The number of carbonyl (C=O) groups excluding carboxylic acids is 2. The average Bonchev–Trinajstić information content (AvgIpc) is 3.21. The lowest BCUT2D eigenvalue weighted by Crippen LogP contribution is -2.22. The van der Waals surface area contributed by atoms with Crippen LogP contribution in [0.5, 0.6) is 0 Å². The Labute approximate surface area is 185 Å². The molecule has 0 aliphatic heterocycles. The van der Waals surface area contributed by atoms with E-state index in [-0.39, 0.29) is 17.1 Å². The van der Waals surface area contributed by atoms with Gasteiger partial charge in [-0.1, -0.05) is 49.7 Å². The predicted octanol–water partition coefficient (Wildman–Crippen LogP) is 6.06. The van der Waals surface area contributed by atoms with Crippen molar-refractivity contribution in [3.8, 4) is 11.3 Å². The van der Waals surface area contributed by atoms with E-state index in [2.05, 4.69) is 22.5 Å². The van der Waals surface area contributed by atoms with Crippen molar-refractivity contribution < 1.29 is 9.59 Å². The Bertz CT molecular complexity index is 989. The van der Waals surface area contributed by atoms with E-state index in [0.717, 1.165) is 34.7 Å². The van der Waals surface area contributed by atoms with Crippen LogP contribution in [-0.2, 0) is 9.59 Å². The summed E-state index contributed by atoms with van der Waals surface area (Å²) < 4.78 is 0. The van der Waals surface area contributed by atoms with Gasteiger partial charge in [-0.3, -0.25) is 9.59 Å². The summed E-state index contributed by atoms with van der Waals surface area (Å²) in [6.07, 6.45) is 2.38. The van der Waals surface area contributed by atoms with Crippen LogP contribution in [-0.4, -0.2) is 22.0 Å². The van der Waals surface area contributed by atoms with E-state index in [1.807, 2.05) is 66.9 Å². The molecular formula is C23H25N3O2S2. The minimum atomic E-state index is -0.305. The van der Waals surface area contributed by atoms with Gasteiger partial charge in [0.05, 0.1) is 10.9 Å². The summed E-state index contributed by atoms with van der Waals surface area (Å²) in [6, 6.07) is 17.5. The fourth-order valence-corrected chi connectivity index (χ4v) is 4.39. The van der Waals surface area contributed by atoms with E-state index in [9.17, 15) is 9.59 Å². The molecule has 0 spiro atoms. The van der Waals surface area contributed by atoms with Crippen molar-refractivity contribution in [1.82, 2.24) is 4.98 Å². The Balaban J connectivity index is 1.56. The zero-order chi connectivity index (χ0) is 21.3. The minimum Gasteiger partial charge on any atom is -0.326 e. The lowest BCUT2D eigenvalue weighted by atomic mass is 10.2. The summed E-state index contributed by atoms with van der Waals surface area (Å²) in [6.45, 7) is 3.92. The Morgan fingerprint density at radius 3 is 2.67 bits per heavy atom. The van der Waals surface area contributed by atoms with Gasteiger partial charge in [0.2, 0.25) is 11.8 Å². The molecule has 1 heterocycles. The van der Waals surface area contributed by atoms with Crippen LogP contribution in [0.1, 0.15) is 33.1 Å². The van der Waals surface area contributed by atoms with Gasteiger partial charge in [-0.25, -0.2) is 4.98 Å². The third-order valence-corrected chi connectivity index (χ3v) is 6.21. The number of rotatable bonds is 9. The van der Waals surface area contributed by atoms with Crippen LogP contribution < -0.4 is 10.6 Å². The van der Waals surface area contributed by atoms with E-state index < -0.39 is 0 Å². The Kier molecular flexibility index (Phi) is 8.04. The molecule has 1 unspecified atom stereocenters. The number of unbranched alkanes of at least 4 members (excludes halogenated alkanes) is 1. The highest BCUT2D eigenvalue weighted by Crippen LogP contribution is 2.28. The molecule has 30 heavy (non-hydrogen) atoms. The molecule has 0 saturated carbocycles. The maximum Gasteiger partial charge on any atom is 0.239 e. The van der Waals surface area contributed by atoms with Crippen LogP contribution in [0.4, 0.5) is 10.8 Å². The molecule has 0 fully saturated rings. The summed E-state index contributed by atoms with van der Waals surface area (Å²) in [5.41, 5.74) is 2.62. The van der Waals surface area contributed by atoms with E-state index in [1.165, 1.54) is 23.1 Å². The highest BCUT2D eigenvalue weighted by atomic mass is 32.2. The van der Waals surface area contributed by atoms with Gasteiger partial charge in [-0.05, 0) is 31.5 Å². The lowest BCUT2D eigenvalue weighted by molar-refractivity contribution is -0.116. The molecule has 2 amide bonds. The first-order chi connectivity index (χ1) is 14.5. The topological polar surface area (TPSA) is 71.1 Å². The van der Waals surface area contributed by atoms with E-state index >= 15 is 0 Å². The van der Waals surface area contributed by atoms with Gasteiger partial charge in [0.15, 0.2) is 5.13 Å². The zero-order valence-corrected chi connectivity index (χ0v) is 18.7. The Morgan fingerprint density at radius 2 is 1.90 bits per heavy atom. The number of anilines is 2. The van der Waals surface area contributed by atoms with Crippen molar-refractivity contribution in [2.75, 3.05) is 10.6 Å². The summed E-state index contributed by atoms with van der Waals surface area (Å²) in [5.74, 6) is -0.0888. The summed E-state index contributed by atoms with van der Waals surface area (Å²) >= 11 is 2.86. The number of nitrogens with zero attached hydrogens (tertiary/aromatic N) is 1. The van der Waals surface area contributed by atoms with Crippen LogP contribution in [0.2, 0.25) is 0 Å². The number of carbonyl (C=O) groups is 2. The van der Waals surface area contributed by atoms with Crippen LogP contribution in [0, 0.1) is 0 Å². The zero-order valence-electron chi connectivity index (χ0n) is 17.1. The maximum absolute atomic E-state index is 12.6. The van der Waals surface area contributed by atoms with Crippen molar-refractivity contribution in [1.29, 1.82) is 0 Å². The van der Waals surface area contributed by atoms with Gasteiger partial charge < -0.3 is 10.6 Å². The molecule has 5 nitrogen and oxygen atoms in total. The van der Waals surface area contributed by atoms with Gasteiger partial charge in [0.25, 0.3) is 0 Å². The number of thioether (sulfide) groups is 1. The van der Waals surface area contributed by atoms with Crippen LogP contribution in [0.25, 0.3) is 11.3 Å². The highest BCUT2D eigenvalue weighted by molar-refractivity contribution is 8.00. The molecule has 0 bridgehead atoms. The fraction of sp³-hybridized carbons (Fsp3) is 0.261. The van der Waals surface area contributed by atoms with Gasteiger partial charge in [-0.15, -0.1) is 23.1 Å². The van der Waals surface area contributed by atoms with Crippen molar-refractivity contribution in [3.05, 3.63) is 60.0 Å². The van der Waals surface area contributed by atoms with Crippen molar-refractivity contribution in [2.24, 2.45) is 0 Å². The molecule has 2 aromatic carbocycles. The van der Waals surface area contributed by atoms with Crippen LogP contribution in [0.3, 0.4) is 0 Å². The first-order valence-corrected chi connectivity index (χ1v) is 11.7. The first-order valence-electron chi connectivity index (χ1n) is 9.93. The number of nitrogens with one attached hydrogen (secondary N) is 2. The number of hydrogen-bond donors (Lipinski definition) is 2. The Morgan fingerprint density at radius 1 is 1.10 bits per heavy atom. The SMILES string of the molecule is CCCCC(=O)Nc1cccc(SC(C)C(=O)Nc2nc(-c3ccccc3)cs2)c1. The second-order valence-corrected chi connectivity index (χ2v) is 9.11. The normalized spacial score (nSPS) is 11.7. The average molecular weight is 440 g/mol. The first kappa shape index (κ1) is 22.1. The fourth-order valence-electron chi connectivity index (χ4n) is 2.75. The van der Waals surface area contributed by atoms with Crippen LogP contribution in [0.15, 0.2) is 64.9 Å². The molecule has 2 N–H and O–H groups in total. The van der Waals surface area contributed by atoms with Gasteiger partial charge in [-0.2, -0.15) is 0 Å².